The van der Waals surface area contributed by atoms with Gasteiger partial charge in [0.15, 0.2) is 6.10 Å². The van der Waals surface area contributed by atoms with Crippen LogP contribution in [-0.2, 0) is 11.8 Å². The number of halogens is 1. The van der Waals surface area contributed by atoms with Gasteiger partial charge < -0.3 is 19.9 Å². The van der Waals surface area contributed by atoms with Crippen molar-refractivity contribution in [1.82, 2.24) is 9.55 Å². The standard InChI is InChI=1S/C11H11ClN2O4/c1-14-7-4-5(12)2-3-6(7)13-10(14)8(15)9(16)11(17)18/h2-4,8-9,15-16H,1H3,(H,17,18). The summed E-state index contributed by atoms with van der Waals surface area (Å²) in [6.45, 7) is 0. The lowest BCUT2D eigenvalue weighted by molar-refractivity contribution is -0.153. The molecule has 2 unspecified atom stereocenters. The summed E-state index contributed by atoms with van der Waals surface area (Å²) >= 11 is 5.85. The lowest BCUT2D eigenvalue weighted by Gasteiger charge is -2.13. The Bertz CT molecular complexity index is 610. The molecule has 2 atom stereocenters. The number of fused-ring (bicyclic) bond motifs is 1. The molecule has 0 bridgehead atoms. The van der Waals surface area contributed by atoms with E-state index in [9.17, 15) is 15.0 Å². The number of carboxylic acids is 1. The largest absolute Gasteiger partial charge is 0.479 e. The Morgan fingerprint density at radius 2 is 2.11 bits per heavy atom. The highest BCUT2D eigenvalue weighted by Crippen LogP contribution is 2.24. The number of aliphatic hydroxyl groups excluding tert-OH is 2. The smallest absolute Gasteiger partial charge is 0.335 e. The fraction of sp³-hybridized carbons (Fsp3) is 0.273. The van der Waals surface area contributed by atoms with E-state index in [2.05, 4.69) is 4.98 Å². The average molecular weight is 271 g/mol. The summed E-state index contributed by atoms with van der Waals surface area (Å²) in [5.41, 5.74) is 1.21. The summed E-state index contributed by atoms with van der Waals surface area (Å²) in [6.07, 6.45) is -3.52. The van der Waals surface area contributed by atoms with Gasteiger partial charge in [0.1, 0.15) is 11.9 Å². The van der Waals surface area contributed by atoms with Crippen LogP contribution in [0, 0.1) is 0 Å². The number of aromatic nitrogens is 2. The molecule has 0 amide bonds. The monoisotopic (exact) mass is 270 g/mol. The minimum atomic E-state index is -1.92. The van der Waals surface area contributed by atoms with Crippen molar-refractivity contribution < 1.29 is 20.1 Å². The minimum absolute atomic E-state index is 0.0715. The number of hydrogen-bond donors (Lipinski definition) is 3. The molecule has 18 heavy (non-hydrogen) atoms. The van der Waals surface area contributed by atoms with Crippen LogP contribution in [0.25, 0.3) is 11.0 Å². The van der Waals surface area contributed by atoms with E-state index in [0.29, 0.717) is 16.1 Å². The maximum atomic E-state index is 10.6. The zero-order valence-electron chi connectivity index (χ0n) is 9.41. The SMILES string of the molecule is Cn1c(C(O)C(O)C(=O)O)nc2ccc(Cl)cc21. The Morgan fingerprint density at radius 3 is 2.72 bits per heavy atom. The van der Waals surface area contributed by atoms with Gasteiger partial charge in [0.25, 0.3) is 0 Å². The number of benzene rings is 1. The summed E-state index contributed by atoms with van der Waals surface area (Å²) in [4.78, 5) is 14.7. The third kappa shape index (κ3) is 2.05. The molecule has 2 rings (SSSR count). The maximum absolute atomic E-state index is 10.6. The van der Waals surface area contributed by atoms with E-state index in [0.717, 1.165) is 0 Å². The van der Waals surface area contributed by atoms with Crippen molar-refractivity contribution in [2.24, 2.45) is 7.05 Å². The maximum Gasteiger partial charge on any atom is 0.335 e. The van der Waals surface area contributed by atoms with Gasteiger partial charge in [0, 0.05) is 12.1 Å². The number of nitrogens with zero attached hydrogens (tertiary/aromatic N) is 2. The number of aryl methyl sites for hydroxylation is 1. The zero-order chi connectivity index (χ0) is 13.4. The second-order valence-electron chi connectivity index (χ2n) is 3.89. The third-order valence-electron chi connectivity index (χ3n) is 2.69. The van der Waals surface area contributed by atoms with Gasteiger partial charge in [-0.15, -0.1) is 0 Å². The van der Waals surface area contributed by atoms with Gasteiger partial charge in [-0.3, -0.25) is 0 Å². The van der Waals surface area contributed by atoms with E-state index in [-0.39, 0.29) is 5.82 Å². The molecular weight excluding hydrogens is 260 g/mol. The number of carbonyl (C=O) groups is 1. The molecule has 0 spiro atoms. The quantitative estimate of drug-likeness (QED) is 0.763. The molecule has 0 aliphatic heterocycles. The second kappa shape index (κ2) is 4.56. The van der Waals surface area contributed by atoms with Gasteiger partial charge >= 0.3 is 5.97 Å². The predicted octanol–water partition coefficient (Wildman–Crippen LogP) is 0.706. The van der Waals surface area contributed by atoms with Gasteiger partial charge in [-0.2, -0.15) is 0 Å². The van der Waals surface area contributed by atoms with Crippen molar-refractivity contribution in [3.8, 4) is 0 Å². The highest BCUT2D eigenvalue weighted by atomic mass is 35.5. The molecule has 96 valence electrons. The first-order valence-corrected chi connectivity index (χ1v) is 5.50. The Morgan fingerprint density at radius 1 is 1.44 bits per heavy atom. The number of aliphatic hydroxyl groups is 2. The molecule has 6 nitrogen and oxygen atoms in total. The molecule has 7 heteroatoms. The molecule has 1 heterocycles. The first kappa shape index (κ1) is 12.8. The van der Waals surface area contributed by atoms with Crippen LogP contribution in [0.5, 0.6) is 0 Å². The van der Waals surface area contributed by atoms with Crippen LogP contribution in [-0.4, -0.2) is 36.9 Å². The van der Waals surface area contributed by atoms with Crippen molar-refractivity contribution in [3.63, 3.8) is 0 Å². The van der Waals surface area contributed by atoms with Crippen molar-refractivity contribution >= 4 is 28.6 Å². The molecule has 3 N–H and O–H groups in total. The van der Waals surface area contributed by atoms with Gasteiger partial charge in [0.05, 0.1) is 11.0 Å². The van der Waals surface area contributed by atoms with E-state index in [1.807, 2.05) is 0 Å². The van der Waals surface area contributed by atoms with E-state index in [1.165, 1.54) is 4.57 Å². The van der Waals surface area contributed by atoms with Crippen LogP contribution >= 0.6 is 11.6 Å². The predicted molar refractivity (Wildman–Crippen MR) is 64.3 cm³/mol. The van der Waals surface area contributed by atoms with Crippen molar-refractivity contribution in [1.29, 1.82) is 0 Å². The molecule has 0 aliphatic rings. The molecule has 0 saturated carbocycles. The van der Waals surface area contributed by atoms with Gasteiger partial charge in [-0.05, 0) is 18.2 Å². The van der Waals surface area contributed by atoms with Crippen LogP contribution < -0.4 is 0 Å². The summed E-state index contributed by atoms with van der Waals surface area (Å²) < 4.78 is 1.50. The Balaban J connectivity index is 2.52. The first-order valence-electron chi connectivity index (χ1n) is 5.12. The topological polar surface area (TPSA) is 95.6 Å². The van der Waals surface area contributed by atoms with Gasteiger partial charge in [-0.25, -0.2) is 9.78 Å². The number of rotatable bonds is 3. The average Bonchev–Trinajstić information content (AvgIpc) is 2.65. The number of carboxylic acid groups (broad SMARTS) is 1. The molecule has 0 fully saturated rings. The fourth-order valence-electron chi connectivity index (χ4n) is 1.72. The Labute approximate surface area is 107 Å². The molecule has 1 aromatic heterocycles. The molecule has 0 saturated heterocycles. The van der Waals surface area contributed by atoms with Gasteiger partial charge in [0.2, 0.25) is 0 Å². The van der Waals surface area contributed by atoms with Gasteiger partial charge in [-0.1, -0.05) is 11.6 Å². The number of hydrogen-bond acceptors (Lipinski definition) is 4. The van der Waals surface area contributed by atoms with Crippen LogP contribution in [0.15, 0.2) is 18.2 Å². The van der Waals surface area contributed by atoms with Crippen LogP contribution in [0.3, 0.4) is 0 Å². The second-order valence-corrected chi connectivity index (χ2v) is 4.33. The highest BCUT2D eigenvalue weighted by Gasteiger charge is 2.29. The number of aliphatic carboxylic acids is 1. The van der Waals surface area contributed by atoms with Crippen molar-refractivity contribution in [3.05, 3.63) is 29.0 Å². The van der Waals surface area contributed by atoms with Crippen LogP contribution in [0.1, 0.15) is 11.9 Å². The molecule has 1 aromatic carbocycles. The van der Waals surface area contributed by atoms with E-state index in [1.54, 1.807) is 25.2 Å². The van der Waals surface area contributed by atoms with Crippen LogP contribution in [0.4, 0.5) is 0 Å². The Kier molecular flexibility index (Phi) is 3.25. The zero-order valence-corrected chi connectivity index (χ0v) is 10.2. The highest BCUT2D eigenvalue weighted by molar-refractivity contribution is 6.31. The summed E-state index contributed by atoms with van der Waals surface area (Å²) in [7, 11) is 1.61. The van der Waals surface area contributed by atoms with Crippen LogP contribution in [0.2, 0.25) is 5.02 Å². The molecule has 0 aliphatic carbocycles. The minimum Gasteiger partial charge on any atom is -0.479 e. The molecular formula is C11H11ClN2O4. The van der Waals surface area contributed by atoms with E-state index in [4.69, 9.17) is 16.7 Å². The summed E-state index contributed by atoms with van der Waals surface area (Å²) in [5, 5.41) is 28.2. The normalized spacial score (nSPS) is 14.7. The summed E-state index contributed by atoms with van der Waals surface area (Å²) in [5.74, 6) is -1.44. The molecule has 0 radical (unpaired) electrons. The van der Waals surface area contributed by atoms with E-state index < -0.39 is 18.2 Å². The lowest BCUT2D eigenvalue weighted by atomic mass is 10.2. The number of imidazole rings is 1. The fourth-order valence-corrected chi connectivity index (χ4v) is 1.89. The van der Waals surface area contributed by atoms with Crippen molar-refractivity contribution in [2.75, 3.05) is 0 Å². The summed E-state index contributed by atoms with van der Waals surface area (Å²) in [6, 6.07) is 4.94. The first-order chi connectivity index (χ1) is 8.41. The lowest BCUT2D eigenvalue weighted by Crippen LogP contribution is -2.29. The molecule has 2 aromatic rings. The third-order valence-corrected chi connectivity index (χ3v) is 2.93. The van der Waals surface area contributed by atoms with Crippen molar-refractivity contribution in [2.45, 2.75) is 12.2 Å². The van der Waals surface area contributed by atoms with E-state index >= 15 is 0 Å². The Hall–Kier alpha value is -1.63.